The summed E-state index contributed by atoms with van der Waals surface area (Å²) in [4.78, 5) is 6.34. The van der Waals surface area contributed by atoms with Gasteiger partial charge in [-0.2, -0.15) is 12.7 Å². The van der Waals surface area contributed by atoms with Gasteiger partial charge >= 0.3 is 0 Å². The van der Waals surface area contributed by atoms with E-state index in [0.29, 0.717) is 18.9 Å². The van der Waals surface area contributed by atoms with Crippen LogP contribution in [-0.2, 0) is 20.0 Å². The summed E-state index contributed by atoms with van der Waals surface area (Å²) in [5, 5.41) is 0. The van der Waals surface area contributed by atoms with Gasteiger partial charge < -0.3 is 9.80 Å². The lowest BCUT2D eigenvalue weighted by Crippen LogP contribution is -2.42. The number of likely N-dealkylation sites (tertiary alicyclic amines) is 1. The van der Waals surface area contributed by atoms with Gasteiger partial charge in [0.2, 0.25) is 10.0 Å². The zero-order valence-corrected chi connectivity index (χ0v) is 26.3. The fourth-order valence-corrected chi connectivity index (χ4v) is 8.08. The standard InChI is InChI=1S/C31H39N5O4S2/c1-24-7-15-28(16-8-24)41(37,38)32-30(23-34-19-5-6-20-34)35-21-22-36(42(39,40)29-17-9-25(2)10-18-29)31(35)26-11-13-27(14-12-26)33(3)4/h7-18,31H,5-6,19-23H2,1-4H3/b32-30-. The first-order valence-corrected chi connectivity index (χ1v) is 17.1. The van der Waals surface area contributed by atoms with Crippen LogP contribution in [0.3, 0.4) is 0 Å². The van der Waals surface area contributed by atoms with Gasteiger partial charge in [0.1, 0.15) is 12.0 Å². The molecule has 3 aromatic rings. The zero-order valence-electron chi connectivity index (χ0n) is 24.6. The molecular weight excluding hydrogens is 571 g/mol. The van der Waals surface area contributed by atoms with E-state index in [2.05, 4.69) is 9.30 Å². The first-order chi connectivity index (χ1) is 20.0. The van der Waals surface area contributed by atoms with E-state index in [9.17, 15) is 16.8 Å². The molecule has 11 heteroatoms. The summed E-state index contributed by atoms with van der Waals surface area (Å²) in [5.41, 5.74) is 3.64. The number of benzene rings is 3. The van der Waals surface area contributed by atoms with Crippen LogP contribution in [0.15, 0.2) is 87.0 Å². The highest BCUT2D eigenvalue weighted by Crippen LogP contribution is 2.36. The number of nitrogens with zero attached hydrogens (tertiary/aromatic N) is 5. The number of hydrogen-bond donors (Lipinski definition) is 0. The van der Waals surface area contributed by atoms with Crippen molar-refractivity contribution in [3.8, 4) is 0 Å². The van der Waals surface area contributed by atoms with Gasteiger partial charge in [0.25, 0.3) is 10.0 Å². The summed E-state index contributed by atoms with van der Waals surface area (Å²) in [6, 6.07) is 21.2. The third-order valence-electron chi connectivity index (χ3n) is 7.90. The summed E-state index contributed by atoms with van der Waals surface area (Å²) < 4.78 is 61.3. The number of hydrogen-bond acceptors (Lipinski definition) is 6. The Kier molecular flexibility index (Phi) is 8.75. The highest BCUT2D eigenvalue weighted by atomic mass is 32.2. The molecule has 1 unspecified atom stereocenters. The van der Waals surface area contributed by atoms with Gasteiger partial charge in [0, 0.05) is 32.9 Å². The van der Waals surface area contributed by atoms with Crippen LogP contribution in [0, 0.1) is 13.8 Å². The summed E-state index contributed by atoms with van der Waals surface area (Å²) in [6.07, 6.45) is 1.30. The summed E-state index contributed by atoms with van der Waals surface area (Å²) in [5.74, 6) is 0.348. The highest BCUT2D eigenvalue weighted by Gasteiger charge is 2.43. The first kappa shape index (κ1) is 30.2. The maximum absolute atomic E-state index is 14.1. The third kappa shape index (κ3) is 6.39. The van der Waals surface area contributed by atoms with E-state index in [1.807, 2.05) is 62.0 Å². The normalized spacial score (nSPS) is 19.0. The maximum atomic E-state index is 14.1. The van der Waals surface area contributed by atoms with Gasteiger partial charge in [0.15, 0.2) is 0 Å². The fourth-order valence-electron chi connectivity index (χ4n) is 5.48. The van der Waals surface area contributed by atoms with Crippen molar-refractivity contribution in [2.45, 2.75) is 42.6 Å². The fraction of sp³-hybridized carbons (Fsp3) is 0.387. The molecule has 2 heterocycles. The molecule has 1 atom stereocenters. The summed E-state index contributed by atoms with van der Waals surface area (Å²) in [6.45, 7) is 6.31. The first-order valence-electron chi connectivity index (χ1n) is 14.2. The second-order valence-electron chi connectivity index (χ2n) is 11.3. The van der Waals surface area contributed by atoms with Gasteiger partial charge in [-0.15, -0.1) is 4.40 Å². The molecule has 0 aromatic heterocycles. The van der Waals surface area contributed by atoms with E-state index in [1.165, 1.54) is 4.31 Å². The van der Waals surface area contributed by atoms with Crippen molar-refractivity contribution in [1.29, 1.82) is 0 Å². The van der Waals surface area contributed by atoms with Crippen LogP contribution in [0.1, 0.15) is 35.7 Å². The lowest BCUT2D eigenvalue weighted by atomic mass is 10.1. The van der Waals surface area contributed by atoms with Crippen LogP contribution < -0.4 is 4.90 Å². The van der Waals surface area contributed by atoms with E-state index in [0.717, 1.165) is 48.3 Å². The van der Waals surface area contributed by atoms with Gasteiger partial charge in [-0.25, -0.2) is 8.42 Å². The van der Waals surface area contributed by atoms with Crippen molar-refractivity contribution in [3.63, 3.8) is 0 Å². The van der Waals surface area contributed by atoms with Crippen molar-refractivity contribution < 1.29 is 16.8 Å². The number of aryl methyl sites for hydroxylation is 2. The smallest absolute Gasteiger partial charge is 0.283 e. The van der Waals surface area contributed by atoms with E-state index in [1.54, 1.807) is 48.5 Å². The van der Waals surface area contributed by atoms with E-state index in [-0.39, 0.29) is 16.3 Å². The van der Waals surface area contributed by atoms with E-state index >= 15 is 0 Å². The Morgan fingerprint density at radius 3 is 1.86 bits per heavy atom. The Balaban J connectivity index is 1.62. The van der Waals surface area contributed by atoms with Crippen molar-refractivity contribution in [2.75, 3.05) is 51.7 Å². The second kappa shape index (κ2) is 12.2. The molecular formula is C31H39N5O4S2. The topological polar surface area (TPSA) is 93.6 Å². The average molecular weight is 610 g/mol. The Labute approximate surface area is 250 Å². The monoisotopic (exact) mass is 609 g/mol. The van der Waals surface area contributed by atoms with Crippen LogP contribution in [0.2, 0.25) is 0 Å². The van der Waals surface area contributed by atoms with Gasteiger partial charge in [-0.05, 0) is 81.7 Å². The Morgan fingerprint density at radius 2 is 1.31 bits per heavy atom. The van der Waals surface area contributed by atoms with E-state index < -0.39 is 26.2 Å². The van der Waals surface area contributed by atoms with Crippen LogP contribution in [0.5, 0.6) is 0 Å². The van der Waals surface area contributed by atoms with Crippen LogP contribution >= 0.6 is 0 Å². The minimum atomic E-state index is -4.04. The highest BCUT2D eigenvalue weighted by molar-refractivity contribution is 7.90. The van der Waals surface area contributed by atoms with Crippen molar-refractivity contribution in [2.24, 2.45) is 4.40 Å². The third-order valence-corrected chi connectivity index (χ3v) is 11.1. The van der Waals surface area contributed by atoms with Gasteiger partial charge in [0.05, 0.1) is 16.3 Å². The quantitative estimate of drug-likeness (QED) is 0.278. The predicted octanol–water partition coefficient (Wildman–Crippen LogP) is 4.26. The number of anilines is 1. The largest absolute Gasteiger partial charge is 0.378 e. The molecule has 2 aliphatic rings. The molecule has 0 radical (unpaired) electrons. The zero-order chi connectivity index (χ0) is 30.1. The molecule has 0 amide bonds. The second-order valence-corrected chi connectivity index (χ2v) is 14.8. The molecule has 3 aromatic carbocycles. The molecule has 0 aliphatic carbocycles. The van der Waals surface area contributed by atoms with Crippen molar-refractivity contribution in [3.05, 3.63) is 89.5 Å². The molecule has 42 heavy (non-hydrogen) atoms. The number of sulfonamides is 2. The molecule has 224 valence electrons. The van der Waals surface area contributed by atoms with Crippen LogP contribution in [0.4, 0.5) is 5.69 Å². The lowest BCUT2D eigenvalue weighted by molar-refractivity contribution is 0.271. The molecule has 0 N–H and O–H groups in total. The SMILES string of the molecule is Cc1ccc(S(=O)(=O)/N=C(/CN2CCCC2)N2CCN(S(=O)(=O)c3ccc(C)cc3)C2c2ccc(N(C)C)cc2)cc1. The van der Waals surface area contributed by atoms with Gasteiger partial charge in [-0.1, -0.05) is 47.5 Å². The summed E-state index contributed by atoms with van der Waals surface area (Å²) >= 11 is 0. The molecule has 9 nitrogen and oxygen atoms in total. The molecule has 2 fully saturated rings. The van der Waals surface area contributed by atoms with Crippen LogP contribution in [-0.4, -0.2) is 83.6 Å². The van der Waals surface area contributed by atoms with Gasteiger partial charge in [-0.3, -0.25) is 4.90 Å². The Morgan fingerprint density at radius 1 is 0.762 bits per heavy atom. The molecule has 0 bridgehead atoms. The average Bonchev–Trinajstić information content (AvgIpc) is 3.64. The van der Waals surface area contributed by atoms with Crippen LogP contribution in [0.25, 0.3) is 0 Å². The molecule has 0 saturated carbocycles. The Hall–Kier alpha value is -3.25. The minimum Gasteiger partial charge on any atom is -0.378 e. The summed E-state index contributed by atoms with van der Waals surface area (Å²) in [7, 11) is -4.06. The minimum absolute atomic E-state index is 0.113. The maximum Gasteiger partial charge on any atom is 0.283 e. The van der Waals surface area contributed by atoms with Crippen molar-refractivity contribution in [1.82, 2.24) is 14.1 Å². The number of rotatable bonds is 8. The molecule has 0 spiro atoms. The van der Waals surface area contributed by atoms with Crippen molar-refractivity contribution >= 4 is 31.6 Å². The molecule has 5 rings (SSSR count). The number of amidine groups is 1. The molecule has 2 aliphatic heterocycles. The molecule has 2 saturated heterocycles. The van der Waals surface area contributed by atoms with E-state index in [4.69, 9.17) is 0 Å². The predicted molar refractivity (Wildman–Crippen MR) is 167 cm³/mol. The lowest BCUT2D eigenvalue weighted by Gasteiger charge is -2.33. The Bertz CT molecular complexity index is 1630.